The maximum Gasteiger partial charge on any atom is 0.500 e. The minimum atomic E-state index is -3.13. The van der Waals surface area contributed by atoms with Crippen LogP contribution in [0.25, 0.3) is 0 Å². The third-order valence-corrected chi connectivity index (χ3v) is 6.86. The van der Waals surface area contributed by atoms with Crippen LogP contribution in [-0.4, -0.2) is 62.2 Å². The molecule has 0 unspecified atom stereocenters. The monoisotopic (exact) mass is 285 g/mol. The van der Waals surface area contributed by atoms with Crippen molar-refractivity contribution in [3.8, 4) is 0 Å². The van der Waals surface area contributed by atoms with Gasteiger partial charge in [-0.25, -0.2) is 12.7 Å². The lowest BCUT2D eigenvalue weighted by Crippen LogP contribution is -2.43. The Morgan fingerprint density at radius 2 is 1.59 bits per heavy atom. The number of rotatable bonds is 9. The molecule has 0 aromatic rings. The normalized spacial score (nSPS) is 13.3. The molecule has 0 bridgehead atoms. The zero-order valence-electron chi connectivity index (χ0n) is 11.2. The maximum atomic E-state index is 11.4. The third kappa shape index (κ3) is 5.45. The zero-order chi connectivity index (χ0) is 13.5. The molecule has 0 spiro atoms. The Labute approximate surface area is 105 Å². The fourth-order valence-electron chi connectivity index (χ4n) is 1.59. The van der Waals surface area contributed by atoms with Gasteiger partial charge in [-0.15, -0.1) is 0 Å². The molecule has 0 aliphatic heterocycles. The molecule has 0 saturated carbocycles. The topological polar surface area (TPSA) is 65.1 Å². The Balaban J connectivity index is 4.30. The number of hydrogen-bond acceptors (Lipinski definition) is 5. The van der Waals surface area contributed by atoms with Crippen LogP contribution < -0.4 is 0 Å². The number of nitrogens with zero attached hydrogens (tertiary/aromatic N) is 1. The van der Waals surface area contributed by atoms with Crippen molar-refractivity contribution < 1.29 is 21.7 Å². The van der Waals surface area contributed by atoms with Crippen LogP contribution in [0.4, 0.5) is 0 Å². The second-order valence-electron chi connectivity index (χ2n) is 3.65. The molecule has 0 N–H and O–H groups in total. The molecule has 0 rings (SSSR count). The lowest BCUT2D eigenvalue weighted by atomic mass is 10.5. The van der Waals surface area contributed by atoms with Crippen LogP contribution >= 0.6 is 0 Å². The van der Waals surface area contributed by atoms with Crippen LogP contribution in [0.2, 0.25) is 6.04 Å². The maximum absolute atomic E-state index is 11.4. The first kappa shape index (κ1) is 17.0. The molecule has 0 aromatic heterocycles. The van der Waals surface area contributed by atoms with Crippen molar-refractivity contribution in [2.75, 3.05) is 40.7 Å². The highest BCUT2D eigenvalue weighted by atomic mass is 32.2. The summed E-state index contributed by atoms with van der Waals surface area (Å²) in [5.41, 5.74) is 0. The summed E-state index contributed by atoms with van der Waals surface area (Å²) < 4.78 is 40.0. The number of hydrogen-bond donors (Lipinski definition) is 0. The van der Waals surface area contributed by atoms with Gasteiger partial charge >= 0.3 is 8.80 Å². The molecule has 0 radical (unpaired) electrons. The minimum Gasteiger partial charge on any atom is -0.377 e. The highest BCUT2D eigenvalue weighted by Gasteiger charge is 2.37. The smallest absolute Gasteiger partial charge is 0.377 e. The van der Waals surface area contributed by atoms with Gasteiger partial charge < -0.3 is 13.3 Å². The van der Waals surface area contributed by atoms with Gasteiger partial charge in [-0.1, -0.05) is 6.92 Å². The first-order valence-electron chi connectivity index (χ1n) is 5.45. The van der Waals surface area contributed by atoms with Crippen LogP contribution in [-0.2, 0) is 23.3 Å². The van der Waals surface area contributed by atoms with Crippen LogP contribution in [0.3, 0.4) is 0 Å². The second-order valence-corrected chi connectivity index (χ2v) is 8.73. The third-order valence-electron chi connectivity index (χ3n) is 2.65. The summed E-state index contributed by atoms with van der Waals surface area (Å²) in [6.07, 6.45) is 1.87. The molecule has 104 valence electrons. The quantitative estimate of drug-likeness (QED) is 0.578. The van der Waals surface area contributed by atoms with Crippen molar-refractivity contribution in [3.63, 3.8) is 0 Å². The molecule has 0 fully saturated rings. The van der Waals surface area contributed by atoms with E-state index in [2.05, 4.69) is 0 Å². The molecule has 0 aliphatic rings. The predicted octanol–water partition coefficient (Wildman–Crippen LogP) is 0.536. The summed E-state index contributed by atoms with van der Waals surface area (Å²) >= 11 is 0. The lowest BCUT2D eigenvalue weighted by Gasteiger charge is -2.25. The summed E-state index contributed by atoms with van der Waals surface area (Å²) in [4.78, 5) is 0. The molecule has 17 heavy (non-hydrogen) atoms. The fraction of sp³-hybridized carbons (Fsp3) is 1.00. The van der Waals surface area contributed by atoms with E-state index in [4.69, 9.17) is 13.3 Å². The van der Waals surface area contributed by atoms with Gasteiger partial charge in [0.15, 0.2) is 0 Å². The molecule has 0 heterocycles. The van der Waals surface area contributed by atoms with Gasteiger partial charge in [0.05, 0.1) is 6.26 Å². The van der Waals surface area contributed by atoms with E-state index in [0.717, 1.165) is 0 Å². The van der Waals surface area contributed by atoms with Crippen molar-refractivity contribution in [3.05, 3.63) is 0 Å². The van der Waals surface area contributed by atoms with Crippen LogP contribution in [0, 0.1) is 0 Å². The van der Waals surface area contributed by atoms with E-state index >= 15 is 0 Å². The van der Waals surface area contributed by atoms with Crippen LogP contribution in [0.15, 0.2) is 0 Å². The highest BCUT2D eigenvalue weighted by molar-refractivity contribution is 7.88. The van der Waals surface area contributed by atoms with Gasteiger partial charge in [-0.3, -0.25) is 0 Å². The second kappa shape index (κ2) is 7.44. The lowest BCUT2D eigenvalue weighted by molar-refractivity contribution is 0.122. The fourth-order valence-corrected chi connectivity index (χ4v) is 4.22. The Kier molecular flexibility index (Phi) is 7.45. The van der Waals surface area contributed by atoms with Gasteiger partial charge in [0.25, 0.3) is 0 Å². The van der Waals surface area contributed by atoms with Crippen molar-refractivity contribution in [2.24, 2.45) is 0 Å². The van der Waals surface area contributed by atoms with E-state index in [0.29, 0.717) is 25.6 Å². The molecule has 0 aliphatic carbocycles. The Morgan fingerprint density at radius 3 is 1.88 bits per heavy atom. The predicted molar refractivity (Wildman–Crippen MR) is 68.3 cm³/mol. The van der Waals surface area contributed by atoms with Gasteiger partial charge in [0.2, 0.25) is 10.0 Å². The molecule has 0 saturated heterocycles. The molecule has 8 heteroatoms. The van der Waals surface area contributed by atoms with Crippen LogP contribution in [0.5, 0.6) is 0 Å². The SMILES string of the molecule is CCN(CCC[Si](OC)(OC)OC)S(C)(=O)=O. The van der Waals surface area contributed by atoms with E-state index in [1.807, 2.05) is 6.92 Å². The van der Waals surface area contributed by atoms with Crippen molar-refractivity contribution in [1.29, 1.82) is 0 Å². The van der Waals surface area contributed by atoms with E-state index in [1.54, 1.807) is 21.3 Å². The average Bonchev–Trinajstić information content (AvgIpc) is 2.29. The van der Waals surface area contributed by atoms with Crippen molar-refractivity contribution in [1.82, 2.24) is 4.31 Å². The first-order chi connectivity index (χ1) is 7.85. The van der Waals surface area contributed by atoms with Gasteiger partial charge in [-0.05, 0) is 6.42 Å². The Morgan fingerprint density at radius 1 is 1.12 bits per heavy atom. The van der Waals surface area contributed by atoms with E-state index in [-0.39, 0.29) is 0 Å². The van der Waals surface area contributed by atoms with Crippen molar-refractivity contribution in [2.45, 2.75) is 19.4 Å². The minimum absolute atomic E-state index is 0.458. The standard InChI is InChI=1S/C9H23NO5SSi/c1-6-10(16(5,11)12)8-7-9-17(13-2,14-3)15-4/h6-9H2,1-5H3. The molecule has 0 atom stereocenters. The Hall–Kier alpha value is 0.00688. The summed E-state index contributed by atoms with van der Waals surface area (Å²) in [5, 5.41) is 0. The molecule has 0 aromatic carbocycles. The zero-order valence-corrected chi connectivity index (χ0v) is 13.0. The molecular weight excluding hydrogens is 262 g/mol. The Bertz CT molecular complexity index is 296. The summed E-state index contributed by atoms with van der Waals surface area (Å²) in [5.74, 6) is 0. The largest absolute Gasteiger partial charge is 0.500 e. The first-order valence-corrected chi connectivity index (χ1v) is 9.23. The van der Waals surface area contributed by atoms with Gasteiger partial charge in [0.1, 0.15) is 0 Å². The molecular formula is C9H23NO5SSi. The average molecular weight is 285 g/mol. The van der Waals surface area contributed by atoms with E-state index in [9.17, 15) is 8.42 Å². The molecule has 0 amide bonds. The number of sulfonamides is 1. The van der Waals surface area contributed by atoms with E-state index < -0.39 is 18.8 Å². The van der Waals surface area contributed by atoms with Gasteiger partial charge in [-0.2, -0.15) is 0 Å². The summed E-state index contributed by atoms with van der Waals surface area (Å²) in [6, 6.07) is 0.600. The molecule has 6 nitrogen and oxygen atoms in total. The summed E-state index contributed by atoms with van der Waals surface area (Å²) in [7, 11) is -1.06. The van der Waals surface area contributed by atoms with E-state index in [1.165, 1.54) is 10.6 Å². The highest BCUT2D eigenvalue weighted by Crippen LogP contribution is 2.15. The van der Waals surface area contributed by atoms with Crippen LogP contribution in [0.1, 0.15) is 13.3 Å². The van der Waals surface area contributed by atoms with Gasteiger partial charge in [0, 0.05) is 40.5 Å². The van der Waals surface area contributed by atoms with Crippen molar-refractivity contribution >= 4 is 18.8 Å². The summed E-state index contributed by atoms with van der Waals surface area (Å²) in [6.45, 7) is 2.75.